The van der Waals surface area contributed by atoms with E-state index in [1.165, 1.54) is 43.6 Å². The molecule has 0 atom stereocenters. The van der Waals surface area contributed by atoms with Gasteiger partial charge >= 0.3 is 0 Å². The third kappa shape index (κ3) is 4.78. The molecule has 3 heterocycles. The molecule has 0 aliphatic heterocycles. The molecule has 4 heteroatoms. The fraction of sp³-hybridized carbons (Fsp3) is 0. The van der Waals surface area contributed by atoms with Gasteiger partial charge in [0, 0.05) is 44.0 Å². The van der Waals surface area contributed by atoms with Gasteiger partial charge in [-0.05, 0) is 71.8 Å². The molecular formula is C50H32N4. The summed E-state index contributed by atoms with van der Waals surface area (Å²) in [4.78, 5) is 10.2. The van der Waals surface area contributed by atoms with Crippen molar-refractivity contribution < 1.29 is 0 Å². The number of rotatable bonds is 5. The minimum atomic E-state index is 0.883. The summed E-state index contributed by atoms with van der Waals surface area (Å²) >= 11 is 0. The second kappa shape index (κ2) is 12.1. The molecule has 0 radical (unpaired) electrons. The zero-order valence-corrected chi connectivity index (χ0v) is 29.3. The summed E-state index contributed by atoms with van der Waals surface area (Å²) in [5, 5.41) is 4.98. The first-order chi connectivity index (χ1) is 26.8. The van der Waals surface area contributed by atoms with E-state index in [0.717, 1.165) is 56.0 Å². The highest BCUT2D eigenvalue weighted by atomic mass is 15.0. The van der Waals surface area contributed by atoms with E-state index in [1.807, 2.05) is 42.5 Å². The summed E-state index contributed by atoms with van der Waals surface area (Å²) in [6.07, 6.45) is 0. The summed E-state index contributed by atoms with van der Waals surface area (Å²) in [6.45, 7) is 0. The Morgan fingerprint density at radius 2 is 0.667 bits per heavy atom. The molecule has 0 aliphatic carbocycles. The number of para-hydroxylation sites is 5. The van der Waals surface area contributed by atoms with E-state index in [4.69, 9.17) is 9.97 Å². The van der Waals surface area contributed by atoms with Gasteiger partial charge in [0.05, 0.1) is 44.5 Å². The van der Waals surface area contributed by atoms with Gasteiger partial charge in [-0.1, -0.05) is 133 Å². The Morgan fingerprint density at radius 1 is 0.278 bits per heavy atom. The van der Waals surface area contributed by atoms with Crippen LogP contribution in [0.15, 0.2) is 194 Å². The van der Waals surface area contributed by atoms with E-state index in [2.05, 4.69) is 161 Å². The molecule has 0 spiro atoms. The Bertz CT molecular complexity index is 3170. The first kappa shape index (κ1) is 30.3. The molecule has 0 saturated heterocycles. The fourth-order valence-electron chi connectivity index (χ4n) is 8.19. The van der Waals surface area contributed by atoms with Gasteiger partial charge in [0.25, 0.3) is 0 Å². The molecule has 0 aliphatic rings. The Morgan fingerprint density at radius 3 is 1.20 bits per heavy atom. The van der Waals surface area contributed by atoms with Crippen LogP contribution >= 0.6 is 0 Å². The average molecular weight is 689 g/mol. The number of nitrogens with zero attached hydrogens (tertiary/aromatic N) is 4. The van der Waals surface area contributed by atoms with Crippen LogP contribution in [0, 0.1) is 0 Å². The molecule has 0 amide bonds. The van der Waals surface area contributed by atoms with Crippen LogP contribution in [0.25, 0.3) is 99.7 Å². The van der Waals surface area contributed by atoms with Crippen molar-refractivity contribution in [1.82, 2.24) is 19.1 Å². The summed E-state index contributed by atoms with van der Waals surface area (Å²) in [7, 11) is 0. The fourth-order valence-corrected chi connectivity index (χ4v) is 8.19. The minimum Gasteiger partial charge on any atom is -0.309 e. The smallest absolute Gasteiger partial charge is 0.0973 e. The molecular weight excluding hydrogens is 657 g/mol. The maximum atomic E-state index is 5.10. The number of hydrogen-bond donors (Lipinski definition) is 0. The van der Waals surface area contributed by atoms with Gasteiger partial charge in [-0.15, -0.1) is 0 Å². The summed E-state index contributed by atoms with van der Waals surface area (Å²) in [6, 6.07) is 69.0. The molecule has 0 unspecified atom stereocenters. The van der Waals surface area contributed by atoms with E-state index in [0.29, 0.717) is 0 Å². The van der Waals surface area contributed by atoms with Crippen molar-refractivity contribution in [2.45, 2.75) is 0 Å². The van der Waals surface area contributed by atoms with E-state index < -0.39 is 0 Å². The van der Waals surface area contributed by atoms with Gasteiger partial charge < -0.3 is 9.13 Å². The topological polar surface area (TPSA) is 35.6 Å². The summed E-state index contributed by atoms with van der Waals surface area (Å²) in [5.74, 6) is 0. The second-order valence-electron chi connectivity index (χ2n) is 13.8. The maximum absolute atomic E-state index is 5.10. The lowest BCUT2D eigenvalue weighted by molar-refractivity contribution is 1.17. The third-order valence-corrected chi connectivity index (χ3v) is 10.7. The van der Waals surface area contributed by atoms with Gasteiger partial charge in [0.2, 0.25) is 0 Å². The lowest BCUT2D eigenvalue weighted by atomic mass is 9.99. The number of benzene rings is 8. The first-order valence-electron chi connectivity index (χ1n) is 18.3. The Kier molecular flexibility index (Phi) is 6.82. The van der Waals surface area contributed by atoms with Crippen LogP contribution in [0.2, 0.25) is 0 Å². The standard InChI is InChI=1S/C50H32N4/c1-3-13-35(14-4-1)49-50(52-44-20-10-9-19-43(44)51-49)36-25-23-33(24-26-36)34-27-29-38(30-28-34)54-46-22-12-8-18-40(46)42-31-47-41(32-48(42)54)39-17-7-11-21-45(39)53(47)37-15-5-2-6-16-37/h1-32H. The molecule has 0 saturated carbocycles. The number of aromatic nitrogens is 4. The van der Waals surface area contributed by atoms with E-state index in [9.17, 15) is 0 Å². The van der Waals surface area contributed by atoms with Crippen LogP contribution < -0.4 is 0 Å². The normalized spacial score (nSPS) is 11.7. The van der Waals surface area contributed by atoms with Gasteiger partial charge in [-0.3, -0.25) is 0 Å². The van der Waals surface area contributed by atoms with Crippen molar-refractivity contribution in [1.29, 1.82) is 0 Å². The van der Waals surface area contributed by atoms with Crippen molar-refractivity contribution in [2.24, 2.45) is 0 Å². The molecule has 252 valence electrons. The Hall–Kier alpha value is -7.30. The zero-order valence-electron chi connectivity index (χ0n) is 29.3. The van der Waals surface area contributed by atoms with Crippen molar-refractivity contribution in [3.05, 3.63) is 194 Å². The van der Waals surface area contributed by atoms with Gasteiger partial charge in [-0.2, -0.15) is 0 Å². The van der Waals surface area contributed by atoms with Crippen LogP contribution in [0.1, 0.15) is 0 Å². The highest BCUT2D eigenvalue weighted by Crippen LogP contribution is 2.40. The summed E-state index contributed by atoms with van der Waals surface area (Å²) < 4.78 is 4.81. The average Bonchev–Trinajstić information content (AvgIpc) is 3.75. The maximum Gasteiger partial charge on any atom is 0.0973 e. The van der Waals surface area contributed by atoms with Crippen LogP contribution in [-0.4, -0.2) is 19.1 Å². The van der Waals surface area contributed by atoms with Crippen molar-refractivity contribution >= 4 is 54.6 Å². The van der Waals surface area contributed by atoms with Crippen molar-refractivity contribution in [3.63, 3.8) is 0 Å². The van der Waals surface area contributed by atoms with Gasteiger partial charge in [0.1, 0.15) is 0 Å². The first-order valence-corrected chi connectivity index (χ1v) is 18.3. The van der Waals surface area contributed by atoms with Crippen LogP contribution in [-0.2, 0) is 0 Å². The largest absolute Gasteiger partial charge is 0.309 e. The predicted molar refractivity (Wildman–Crippen MR) is 225 cm³/mol. The molecule has 0 bridgehead atoms. The zero-order chi connectivity index (χ0) is 35.6. The summed E-state index contributed by atoms with van der Waals surface area (Å²) in [5.41, 5.74) is 15.1. The van der Waals surface area contributed by atoms with Gasteiger partial charge in [-0.25, -0.2) is 9.97 Å². The van der Waals surface area contributed by atoms with Crippen molar-refractivity contribution in [3.8, 4) is 45.0 Å². The SMILES string of the molecule is c1ccc(-c2nc3ccccc3nc2-c2ccc(-c3ccc(-n4c5ccccc5c5cc6c(cc54)c4ccccc4n6-c4ccccc4)cc3)cc2)cc1. The monoisotopic (exact) mass is 688 g/mol. The van der Waals surface area contributed by atoms with Crippen LogP contribution in [0.3, 0.4) is 0 Å². The van der Waals surface area contributed by atoms with Crippen LogP contribution in [0.5, 0.6) is 0 Å². The Labute approximate surface area is 311 Å². The predicted octanol–water partition coefficient (Wildman–Crippen LogP) is 12.8. The molecule has 54 heavy (non-hydrogen) atoms. The molecule has 4 nitrogen and oxygen atoms in total. The highest BCUT2D eigenvalue weighted by molar-refractivity contribution is 6.19. The van der Waals surface area contributed by atoms with Gasteiger partial charge in [0.15, 0.2) is 0 Å². The second-order valence-corrected chi connectivity index (χ2v) is 13.8. The molecule has 8 aromatic carbocycles. The lowest BCUT2D eigenvalue weighted by Gasteiger charge is -2.12. The lowest BCUT2D eigenvalue weighted by Crippen LogP contribution is -1.95. The molecule has 11 rings (SSSR count). The number of hydrogen-bond acceptors (Lipinski definition) is 2. The van der Waals surface area contributed by atoms with Crippen molar-refractivity contribution in [2.75, 3.05) is 0 Å². The minimum absolute atomic E-state index is 0.883. The highest BCUT2D eigenvalue weighted by Gasteiger charge is 2.19. The third-order valence-electron chi connectivity index (χ3n) is 10.7. The van der Waals surface area contributed by atoms with E-state index in [1.54, 1.807) is 0 Å². The van der Waals surface area contributed by atoms with Crippen LogP contribution in [0.4, 0.5) is 0 Å². The molecule has 0 N–H and O–H groups in total. The van der Waals surface area contributed by atoms with E-state index in [-0.39, 0.29) is 0 Å². The number of fused-ring (bicyclic) bond motifs is 7. The quantitative estimate of drug-likeness (QED) is 0.180. The molecule has 11 aromatic rings. The molecule has 3 aromatic heterocycles. The molecule has 0 fully saturated rings. The van der Waals surface area contributed by atoms with E-state index >= 15 is 0 Å². The Balaban J connectivity index is 1.01.